The molecule has 3 unspecified atom stereocenters. The van der Waals surface area contributed by atoms with Crippen molar-refractivity contribution in [2.75, 3.05) is 6.54 Å². The molecule has 1 aliphatic rings. The van der Waals surface area contributed by atoms with E-state index in [1.54, 1.807) is 0 Å². The van der Waals surface area contributed by atoms with Crippen LogP contribution in [0.4, 0.5) is 0 Å². The molecule has 0 radical (unpaired) electrons. The molecule has 1 aromatic rings. The van der Waals surface area contributed by atoms with Crippen molar-refractivity contribution in [1.82, 2.24) is 5.32 Å². The predicted octanol–water partition coefficient (Wildman–Crippen LogP) is 2.90. The molecule has 0 aliphatic heterocycles. The zero-order chi connectivity index (χ0) is 12.4. The summed E-state index contributed by atoms with van der Waals surface area (Å²) >= 11 is 0. The van der Waals surface area contributed by atoms with Crippen LogP contribution in [-0.4, -0.2) is 17.8 Å². The van der Waals surface area contributed by atoms with E-state index in [1.165, 1.54) is 23.1 Å². The fraction of sp³-hybridized carbons (Fsp3) is 0.600. The molecule has 2 heteroatoms. The van der Waals surface area contributed by atoms with Crippen molar-refractivity contribution < 1.29 is 5.11 Å². The van der Waals surface area contributed by atoms with Crippen LogP contribution in [0.5, 0.6) is 0 Å². The van der Waals surface area contributed by atoms with Gasteiger partial charge in [-0.1, -0.05) is 25.1 Å². The molecule has 0 bridgehead atoms. The Morgan fingerprint density at radius 3 is 2.94 bits per heavy atom. The van der Waals surface area contributed by atoms with Crippen LogP contribution >= 0.6 is 0 Å². The van der Waals surface area contributed by atoms with Crippen LogP contribution in [0.1, 0.15) is 55.3 Å². The fourth-order valence-corrected chi connectivity index (χ4v) is 2.94. The summed E-state index contributed by atoms with van der Waals surface area (Å²) in [7, 11) is 0. The Hall–Kier alpha value is -0.860. The summed E-state index contributed by atoms with van der Waals surface area (Å²) < 4.78 is 0. The molecule has 1 aromatic carbocycles. The molecule has 0 fully saturated rings. The number of rotatable bonds is 4. The van der Waals surface area contributed by atoms with Crippen LogP contribution in [0.15, 0.2) is 18.2 Å². The van der Waals surface area contributed by atoms with Gasteiger partial charge in [-0.3, -0.25) is 0 Å². The molecule has 0 saturated carbocycles. The summed E-state index contributed by atoms with van der Waals surface area (Å²) in [6.45, 7) is 7.25. The Bertz CT molecular complexity index is 387. The lowest BCUT2D eigenvalue weighted by Gasteiger charge is -2.15. The van der Waals surface area contributed by atoms with E-state index in [0.717, 1.165) is 13.0 Å². The van der Waals surface area contributed by atoms with Gasteiger partial charge in [0.25, 0.3) is 0 Å². The van der Waals surface area contributed by atoms with Crippen molar-refractivity contribution >= 4 is 0 Å². The monoisotopic (exact) mass is 233 g/mol. The number of aryl methyl sites for hydroxylation is 1. The van der Waals surface area contributed by atoms with E-state index in [2.05, 4.69) is 37.4 Å². The Labute approximate surface area is 104 Å². The Morgan fingerprint density at radius 2 is 2.24 bits per heavy atom. The first-order valence-corrected chi connectivity index (χ1v) is 6.60. The molecule has 0 amide bonds. The van der Waals surface area contributed by atoms with E-state index in [9.17, 15) is 5.11 Å². The summed E-state index contributed by atoms with van der Waals surface area (Å²) in [5.41, 5.74) is 4.40. The van der Waals surface area contributed by atoms with Gasteiger partial charge < -0.3 is 10.4 Å². The molecule has 2 nitrogen and oxygen atoms in total. The lowest BCUT2D eigenvalue weighted by Crippen LogP contribution is -2.23. The van der Waals surface area contributed by atoms with Gasteiger partial charge in [0.15, 0.2) is 0 Å². The van der Waals surface area contributed by atoms with Crippen LogP contribution in [0, 0.1) is 6.92 Å². The second-order valence-corrected chi connectivity index (χ2v) is 5.36. The van der Waals surface area contributed by atoms with Gasteiger partial charge in [0.1, 0.15) is 0 Å². The van der Waals surface area contributed by atoms with Gasteiger partial charge in [-0.25, -0.2) is 0 Å². The summed E-state index contributed by atoms with van der Waals surface area (Å²) in [4.78, 5) is 0. The third kappa shape index (κ3) is 2.70. The van der Waals surface area contributed by atoms with Gasteiger partial charge in [0, 0.05) is 6.04 Å². The molecule has 1 aliphatic carbocycles. The van der Waals surface area contributed by atoms with E-state index < -0.39 is 0 Å². The topological polar surface area (TPSA) is 32.3 Å². The fourth-order valence-electron chi connectivity index (χ4n) is 2.94. The highest BCUT2D eigenvalue weighted by molar-refractivity contribution is 5.43. The molecule has 17 heavy (non-hydrogen) atoms. The minimum Gasteiger partial charge on any atom is -0.393 e. The van der Waals surface area contributed by atoms with Crippen LogP contribution in [0.3, 0.4) is 0 Å². The number of benzene rings is 1. The first kappa shape index (κ1) is 12.6. The number of hydrogen-bond acceptors (Lipinski definition) is 2. The highest BCUT2D eigenvalue weighted by atomic mass is 16.3. The van der Waals surface area contributed by atoms with E-state index in [-0.39, 0.29) is 6.10 Å². The third-order valence-electron chi connectivity index (χ3n) is 3.77. The molecule has 3 atom stereocenters. The van der Waals surface area contributed by atoms with E-state index in [1.807, 2.05) is 6.92 Å². The normalized spacial score (nSPS) is 24.7. The number of aliphatic hydroxyl groups excluding tert-OH is 1. The largest absolute Gasteiger partial charge is 0.393 e. The SMILES string of the molecule is Cc1cccc2c1C(C)CC2NCCC(C)O. The van der Waals surface area contributed by atoms with Gasteiger partial charge >= 0.3 is 0 Å². The quantitative estimate of drug-likeness (QED) is 0.838. The maximum absolute atomic E-state index is 9.28. The van der Waals surface area contributed by atoms with Crippen molar-refractivity contribution in [2.24, 2.45) is 0 Å². The van der Waals surface area contributed by atoms with Crippen LogP contribution in [0.2, 0.25) is 0 Å². The van der Waals surface area contributed by atoms with Gasteiger partial charge in [-0.15, -0.1) is 0 Å². The van der Waals surface area contributed by atoms with Crippen molar-refractivity contribution in [3.8, 4) is 0 Å². The zero-order valence-corrected chi connectivity index (χ0v) is 11.0. The third-order valence-corrected chi connectivity index (χ3v) is 3.77. The average Bonchev–Trinajstić information content (AvgIpc) is 2.57. The maximum atomic E-state index is 9.28. The summed E-state index contributed by atoms with van der Waals surface area (Å²) in [5.74, 6) is 0.648. The molecule has 0 aromatic heterocycles. The van der Waals surface area contributed by atoms with Crippen molar-refractivity contribution in [1.29, 1.82) is 0 Å². The van der Waals surface area contributed by atoms with E-state index in [4.69, 9.17) is 0 Å². The van der Waals surface area contributed by atoms with Crippen molar-refractivity contribution in [2.45, 2.75) is 51.7 Å². The van der Waals surface area contributed by atoms with Crippen LogP contribution in [-0.2, 0) is 0 Å². The van der Waals surface area contributed by atoms with Crippen molar-refractivity contribution in [3.63, 3.8) is 0 Å². The van der Waals surface area contributed by atoms with E-state index in [0.29, 0.717) is 12.0 Å². The molecule has 0 spiro atoms. The van der Waals surface area contributed by atoms with Crippen LogP contribution < -0.4 is 5.32 Å². The molecule has 2 rings (SSSR count). The maximum Gasteiger partial charge on any atom is 0.0524 e. The minimum absolute atomic E-state index is 0.210. The second kappa shape index (κ2) is 5.19. The predicted molar refractivity (Wildman–Crippen MR) is 71.3 cm³/mol. The summed E-state index contributed by atoms with van der Waals surface area (Å²) in [5, 5.41) is 12.8. The van der Waals surface area contributed by atoms with Gasteiger partial charge in [-0.2, -0.15) is 0 Å². The van der Waals surface area contributed by atoms with Crippen LogP contribution in [0.25, 0.3) is 0 Å². The molecule has 0 saturated heterocycles. The second-order valence-electron chi connectivity index (χ2n) is 5.36. The molecule has 94 valence electrons. The molecular weight excluding hydrogens is 210 g/mol. The highest BCUT2D eigenvalue weighted by Gasteiger charge is 2.28. The summed E-state index contributed by atoms with van der Waals surface area (Å²) in [6, 6.07) is 7.06. The highest BCUT2D eigenvalue weighted by Crippen LogP contribution is 2.41. The molecular formula is C15H23NO. The Morgan fingerprint density at radius 1 is 1.47 bits per heavy atom. The summed E-state index contributed by atoms with van der Waals surface area (Å²) in [6.07, 6.45) is 1.80. The smallest absolute Gasteiger partial charge is 0.0524 e. The van der Waals surface area contributed by atoms with Gasteiger partial charge in [0.05, 0.1) is 6.10 Å². The lowest BCUT2D eigenvalue weighted by molar-refractivity contribution is 0.182. The standard InChI is InChI=1S/C15H23NO/c1-10-5-4-6-13-14(9-11(2)15(10)13)16-8-7-12(3)17/h4-6,11-12,14,16-17H,7-9H2,1-3H3. The van der Waals surface area contributed by atoms with Crippen molar-refractivity contribution in [3.05, 3.63) is 34.9 Å². The lowest BCUT2D eigenvalue weighted by atomic mass is 9.98. The first-order chi connectivity index (χ1) is 8.09. The number of aliphatic hydroxyl groups is 1. The van der Waals surface area contributed by atoms with Gasteiger partial charge in [-0.05, 0) is 55.8 Å². The Kier molecular flexibility index (Phi) is 3.85. The van der Waals surface area contributed by atoms with Gasteiger partial charge in [0.2, 0.25) is 0 Å². The molecule has 2 N–H and O–H groups in total. The number of nitrogens with one attached hydrogen (secondary N) is 1. The van der Waals surface area contributed by atoms with E-state index >= 15 is 0 Å². The minimum atomic E-state index is -0.210. The average molecular weight is 233 g/mol. The first-order valence-electron chi connectivity index (χ1n) is 6.60. The zero-order valence-electron chi connectivity index (χ0n) is 11.0. The Balaban J connectivity index is 2.06. The number of hydrogen-bond donors (Lipinski definition) is 2. The number of fused-ring (bicyclic) bond motifs is 1. The molecule has 0 heterocycles.